The number of benzene rings is 2. The first-order valence-electron chi connectivity index (χ1n) is 10.8. The largest absolute Gasteiger partial charge is 0.328 e. The van der Waals surface area contributed by atoms with E-state index >= 15 is 0 Å². The Kier molecular flexibility index (Phi) is 5.81. The van der Waals surface area contributed by atoms with Gasteiger partial charge in [-0.25, -0.2) is 4.68 Å². The van der Waals surface area contributed by atoms with E-state index in [1.54, 1.807) is 16.8 Å². The molecule has 5 rings (SSSR count). The number of fused-ring (bicyclic) bond motifs is 1. The highest BCUT2D eigenvalue weighted by Crippen LogP contribution is 2.45. The zero-order chi connectivity index (χ0) is 24.0. The number of rotatable bonds is 5. The molecule has 0 fully saturated rings. The Morgan fingerprint density at radius 3 is 2.56 bits per heavy atom. The number of non-ortho nitro benzene ring substituents is 1. The van der Waals surface area contributed by atoms with Crippen LogP contribution in [0.3, 0.4) is 0 Å². The number of carbonyl (C=O) groups excluding carboxylic acids is 1. The van der Waals surface area contributed by atoms with E-state index in [1.165, 1.54) is 23.9 Å². The highest BCUT2D eigenvalue weighted by atomic mass is 79.9. The first kappa shape index (κ1) is 22.8. The van der Waals surface area contributed by atoms with Crippen LogP contribution in [-0.2, 0) is 10.5 Å². The number of hydrogen-bond donors (Lipinski definition) is 1. The van der Waals surface area contributed by atoms with Crippen molar-refractivity contribution in [1.82, 2.24) is 14.8 Å². The minimum absolute atomic E-state index is 0.0649. The highest BCUT2D eigenvalue weighted by molar-refractivity contribution is 9.10. The summed E-state index contributed by atoms with van der Waals surface area (Å²) in [7, 11) is 0. The third-order valence-electron chi connectivity index (χ3n) is 6.01. The van der Waals surface area contributed by atoms with Crippen LogP contribution in [-0.4, -0.2) is 25.5 Å². The Labute approximate surface area is 209 Å². The topological polar surface area (TPSA) is 103 Å². The predicted octanol–water partition coefficient (Wildman–Crippen LogP) is 5.90. The highest BCUT2D eigenvalue weighted by Gasteiger charge is 2.41. The molecule has 34 heavy (non-hydrogen) atoms. The van der Waals surface area contributed by atoms with Crippen LogP contribution in [0.4, 0.5) is 11.6 Å². The van der Waals surface area contributed by atoms with Gasteiger partial charge in [-0.2, -0.15) is 4.98 Å². The fourth-order valence-corrected chi connectivity index (χ4v) is 5.51. The summed E-state index contributed by atoms with van der Waals surface area (Å²) in [6, 6.07) is 14.1. The van der Waals surface area contributed by atoms with E-state index in [2.05, 4.69) is 35.1 Å². The molecule has 1 atom stereocenters. The first-order chi connectivity index (χ1) is 16.2. The van der Waals surface area contributed by atoms with Crippen LogP contribution in [0.15, 0.2) is 69.4 Å². The van der Waals surface area contributed by atoms with Gasteiger partial charge in [-0.1, -0.05) is 65.8 Å². The number of anilines is 1. The SMILES string of the molecule is CC1(C)CC(=O)C2=C(C1)Nc1nc(SCc3ccc([N+](=O)[O-])cc3)nn1C2c1ccc(Br)cc1. The van der Waals surface area contributed by atoms with E-state index in [9.17, 15) is 14.9 Å². The Bertz CT molecular complexity index is 1320. The molecule has 1 aliphatic carbocycles. The summed E-state index contributed by atoms with van der Waals surface area (Å²) in [5, 5.41) is 19.6. The molecular weight excluding hydrogens is 518 g/mol. The van der Waals surface area contributed by atoms with Crippen LogP contribution in [0.2, 0.25) is 0 Å². The molecule has 174 valence electrons. The van der Waals surface area contributed by atoms with Crippen molar-refractivity contribution < 1.29 is 9.72 Å². The average molecular weight is 540 g/mol. The molecule has 1 unspecified atom stereocenters. The summed E-state index contributed by atoms with van der Waals surface area (Å²) in [6.45, 7) is 4.21. The number of aromatic nitrogens is 3. The standard InChI is InChI=1S/C24H22BrN5O3S/c1-24(2)11-18-20(19(31)12-24)21(15-5-7-16(25)8-6-15)29-22(26-18)27-23(28-29)34-13-14-3-9-17(10-4-14)30(32)33/h3-10,21H,11-13H2,1-2H3,(H,26,27,28). The van der Waals surface area contributed by atoms with Crippen LogP contribution in [0.1, 0.15) is 43.9 Å². The molecule has 1 aliphatic heterocycles. The first-order valence-corrected chi connectivity index (χ1v) is 12.6. The fourth-order valence-electron chi connectivity index (χ4n) is 4.47. The third-order valence-corrected chi connectivity index (χ3v) is 7.45. The van der Waals surface area contributed by atoms with E-state index in [0.717, 1.165) is 33.3 Å². The number of Topliss-reactive ketones (excluding diaryl/α,β-unsaturated/α-hetero) is 1. The van der Waals surface area contributed by atoms with Gasteiger partial charge in [0.05, 0.1) is 4.92 Å². The van der Waals surface area contributed by atoms with Gasteiger partial charge in [0.15, 0.2) is 5.78 Å². The number of nitro benzene ring substituents is 1. The number of carbonyl (C=O) groups is 1. The molecule has 1 N–H and O–H groups in total. The van der Waals surface area contributed by atoms with Crippen molar-refractivity contribution in [2.45, 2.75) is 43.6 Å². The number of ketones is 1. The number of allylic oxidation sites excluding steroid dienone is 2. The molecule has 2 heterocycles. The Balaban J connectivity index is 1.47. The van der Waals surface area contributed by atoms with E-state index in [-0.39, 0.29) is 22.9 Å². The molecule has 2 aromatic carbocycles. The third kappa shape index (κ3) is 4.39. The molecule has 0 amide bonds. The Morgan fingerprint density at radius 2 is 1.88 bits per heavy atom. The van der Waals surface area contributed by atoms with Gasteiger partial charge in [0.1, 0.15) is 6.04 Å². The van der Waals surface area contributed by atoms with Gasteiger partial charge >= 0.3 is 0 Å². The van der Waals surface area contributed by atoms with Gasteiger partial charge in [-0.05, 0) is 35.1 Å². The van der Waals surface area contributed by atoms with Crippen LogP contribution >= 0.6 is 27.7 Å². The zero-order valence-corrected chi connectivity index (χ0v) is 21.0. The maximum atomic E-state index is 13.3. The molecule has 10 heteroatoms. The Hall–Kier alpha value is -2.98. The summed E-state index contributed by atoms with van der Waals surface area (Å²) in [5.74, 6) is 1.32. The Morgan fingerprint density at radius 1 is 1.18 bits per heavy atom. The lowest BCUT2D eigenvalue weighted by atomic mass is 9.73. The van der Waals surface area contributed by atoms with Gasteiger partial charge < -0.3 is 5.32 Å². The maximum absolute atomic E-state index is 13.3. The van der Waals surface area contributed by atoms with Crippen LogP contribution in [0.5, 0.6) is 0 Å². The molecule has 3 aromatic rings. The minimum atomic E-state index is -0.410. The van der Waals surface area contributed by atoms with Crippen LogP contribution in [0, 0.1) is 15.5 Å². The number of nitrogens with one attached hydrogen (secondary N) is 1. The number of thioether (sulfide) groups is 1. The number of halogens is 1. The zero-order valence-electron chi connectivity index (χ0n) is 18.6. The van der Waals surface area contributed by atoms with E-state index in [4.69, 9.17) is 10.1 Å². The smallest absolute Gasteiger partial charge is 0.269 e. The lowest BCUT2D eigenvalue weighted by Gasteiger charge is -2.38. The molecule has 0 spiro atoms. The fraction of sp³-hybridized carbons (Fsp3) is 0.292. The van der Waals surface area contributed by atoms with Crippen molar-refractivity contribution in [2.75, 3.05) is 5.32 Å². The molecule has 2 aliphatic rings. The lowest BCUT2D eigenvalue weighted by Crippen LogP contribution is -2.36. The van der Waals surface area contributed by atoms with E-state index in [0.29, 0.717) is 23.3 Å². The van der Waals surface area contributed by atoms with Gasteiger partial charge in [-0.3, -0.25) is 14.9 Å². The van der Waals surface area contributed by atoms with Crippen molar-refractivity contribution in [3.63, 3.8) is 0 Å². The van der Waals surface area contributed by atoms with Gasteiger partial charge in [0, 0.05) is 40.0 Å². The van der Waals surface area contributed by atoms with Crippen molar-refractivity contribution in [2.24, 2.45) is 5.41 Å². The monoisotopic (exact) mass is 539 g/mol. The maximum Gasteiger partial charge on any atom is 0.269 e. The molecular formula is C24H22BrN5O3S. The molecule has 0 radical (unpaired) electrons. The van der Waals surface area contributed by atoms with Crippen molar-refractivity contribution >= 4 is 45.1 Å². The normalized spacial score (nSPS) is 18.8. The lowest BCUT2D eigenvalue weighted by molar-refractivity contribution is -0.384. The second-order valence-corrected chi connectivity index (χ2v) is 11.1. The number of hydrogen-bond acceptors (Lipinski definition) is 7. The van der Waals surface area contributed by atoms with Gasteiger partial charge in [0.2, 0.25) is 11.1 Å². The summed E-state index contributed by atoms with van der Waals surface area (Å²) >= 11 is 4.94. The quantitative estimate of drug-likeness (QED) is 0.244. The molecule has 1 aromatic heterocycles. The van der Waals surface area contributed by atoms with Crippen molar-refractivity contribution in [3.8, 4) is 0 Å². The van der Waals surface area contributed by atoms with Crippen LogP contribution in [0.25, 0.3) is 0 Å². The van der Waals surface area contributed by atoms with E-state index < -0.39 is 4.92 Å². The van der Waals surface area contributed by atoms with Gasteiger partial charge in [0.25, 0.3) is 5.69 Å². The summed E-state index contributed by atoms with van der Waals surface area (Å²) in [4.78, 5) is 28.5. The summed E-state index contributed by atoms with van der Waals surface area (Å²) in [6.07, 6.45) is 1.26. The predicted molar refractivity (Wildman–Crippen MR) is 134 cm³/mol. The second kappa shape index (κ2) is 8.66. The van der Waals surface area contributed by atoms with Crippen LogP contribution < -0.4 is 5.32 Å². The van der Waals surface area contributed by atoms with Gasteiger partial charge in [-0.15, -0.1) is 5.10 Å². The minimum Gasteiger partial charge on any atom is -0.328 e. The van der Waals surface area contributed by atoms with E-state index in [1.807, 2.05) is 24.3 Å². The number of nitro groups is 1. The molecule has 0 bridgehead atoms. The second-order valence-electron chi connectivity index (χ2n) is 9.29. The molecule has 0 saturated heterocycles. The number of nitrogens with zero attached hydrogens (tertiary/aromatic N) is 4. The summed E-state index contributed by atoms with van der Waals surface area (Å²) < 4.78 is 2.77. The molecule has 0 saturated carbocycles. The van der Waals surface area contributed by atoms with Crippen molar-refractivity contribution in [1.29, 1.82) is 0 Å². The van der Waals surface area contributed by atoms with Crippen molar-refractivity contribution in [3.05, 3.63) is 85.5 Å². The average Bonchev–Trinajstić information content (AvgIpc) is 3.19. The summed E-state index contributed by atoms with van der Waals surface area (Å²) in [5.41, 5.74) is 3.53. The molecule has 8 nitrogen and oxygen atoms in total.